The van der Waals surface area contributed by atoms with E-state index in [-0.39, 0.29) is 0 Å². The summed E-state index contributed by atoms with van der Waals surface area (Å²) in [5, 5.41) is 3.45. The van der Waals surface area contributed by atoms with Crippen molar-refractivity contribution >= 4 is 0 Å². The van der Waals surface area contributed by atoms with E-state index in [1.165, 1.54) is 5.56 Å². The van der Waals surface area contributed by atoms with Crippen molar-refractivity contribution in [2.75, 3.05) is 20.1 Å². The molecule has 1 aromatic rings. The first-order chi connectivity index (χ1) is 6.79. The molecule has 0 radical (unpaired) electrons. The third-order valence-corrected chi connectivity index (χ3v) is 3.06. The Labute approximate surface area is 85.1 Å². The van der Waals surface area contributed by atoms with Crippen molar-refractivity contribution < 1.29 is 0 Å². The van der Waals surface area contributed by atoms with Crippen molar-refractivity contribution in [2.24, 2.45) is 0 Å². The highest BCUT2D eigenvalue weighted by Gasteiger charge is 2.24. The van der Waals surface area contributed by atoms with Gasteiger partial charge in [0.15, 0.2) is 0 Å². The zero-order valence-electron chi connectivity index (χ0n) is 8.77. The van der Waals surface area contributed by atoms with Crippen LogP contribution in [0.15, 0.2) is 24.5 Å². The molecule has 1 aromatic heterocycles. The maximum atomic E-state index is 4.05. The number of hydrogen-bond donors (Lipinski definition) is 1. The molecule has 0 aromatic carbocycles. The predicted molar refractivity (Wildman–Crippen MR) is 57.1 cm³/mol. The lowest BCUT2D eigenvalue weighted by Gasteiger charge is -2.38. The Balaban J connectivity index is 2.17. The average Bonchev–Trinajstić information content (AvgIpc) is 2.23. The number of pyridine rings is 1. The summed E-state index contributed by atoms with van der Waals surface area (Å²) in [6, 6.07) is 5.28. The van der Waals surface area contributed by atoms with Gasteiger partial charge in [-0.1, -0.05) is 0 Å². The fourth-order valence-electron chi connectivity index (χ4n) is 1.96. The van der Waals surface area contributed by atoms with Gasteiger partial charge < -0.3 is 5.32 Å². The van der Waals surface area contributed by atoms with Gasteiger partial charge in [-0.25, -0.2) is 0 Å². The first-order valence-corrected chi connectivity index (χ1v) is 5.11. The molecule has 1 fully saturated rings. The first-order valence-electron chi connectivity index (χ1n) is 5.11. The fourth-order valence-corrected chi connectivity index (χ4v) is 1.96. The molecule has 0 saturated carbocycles. The van der Waals surface area contributed by atoms with Crippen LogP contribution in [0.4, 0.5) is 0 Å². The highest BCUT2D eigenvalue weighted by atomic mass is 15.2. The van der Waals surface area contributed by atoms with Gasteiger partial charge >= 0.3 is 0 Å². The van der Waals surface area contributed by atoms with E-state index in [1.54, 1.807) is 0 Å². The van der Waals surface area contributed by atoms with Crippen LogP contribution in [-0.2, 0) is 0 Å². The zero-order chi connectivity index (χ0) is 9.97. The molecule has 0 bridgehead atoms. The lowest BCUT2D eigenvalue weighted by Crippen LogP contribution is -2.49. The van der Waals surface area contributed by atoms with Crippen LogP contribution in [0.25, 0.3) is 0 Å². The molecule has 3 nitrogen and oxygen atoms in total. The van der Waals surface area contributed by atoms with Crippen LogP contribution in [0, 0.1) is 0 Å². The molecule has 76 valence electrons. The molecule has 1 aliphatic rings. The van der Waals surface area contributed by atoms with Crippen LogP contribution < -0.4 is 5.32 Å². The Kier molecular flexibility index (Phi) is 2.79. The summed E-state index contributed by atoms with van der Waals surface area (Å²) in [7, 11) is 2.19. The van der Waals surface area contributed by atoms with Crippen molar-refractivity contribution in [3.63, 3.8) is 0 Å². The van der Waals surface area contributed by atoms with E-state index < -0.39 is 0 Å². The Bertz CT molecular complexity index is 286. The second-order valence-corrected chi connectivity index (χ2v) is 3.97. The summed E-state index contributed by atoms with van der Waals surface area (Å²) in [6.45, 7) is 4.36. The maximum Gasteiger partial charge on any atom is 0.0474 e. The normalized spacial score (nSPS) is 29.0. The number of rotatable bonds is 1. The molecule has 3 heteroatoms. The molecular weight excluding hydrogens is 174 g/mol. The number of nitrogens with one attached hydrogen (secondary N) is 1. The van der Waals surface area contributed by atoms with E-state index in [0.717, 1.165) is 13.1 Å². The molecule has 2 unspecified atom stereocenters. The van der Waals surface area contributed by atoms with E-state index in [4.69, 9.17) is 0 Å². The van der Waals surface area contributed by atoms with Gasteiger partial charge in [-0.05, 0) is 31.7 Å². The van der Waals surface area contributed by atoms with Crippen molar-refractivity contribution in [1.29, 1.82) is 0 Å². The van der Waals surface area contributed by atoms with Gasteiger partial charge in [-0.15, -0.1) is 0 Å². The van der Waals surface area contributed by atoms with Crippen LogP contribution in [0.2, 0.25) is 0 Å². The predicted octanol–water partition coefficient (Wildman–Crippen LogP) is 1.05. The minimum atomic E-state index is 0.488. The van der Waals surface area contributed by atoms with E-state index >= 15 is 0 Å². The third-order valence-electron chi connectivity index (χ3n) is 3.06. The lowest BCUT2D eigenvalue weighted by molar-refractivity contribution is 0.141. The average molecular weight is 191 g/mol. The highest BCUT2D eigenvalue weighted by Crippen LogP contribution is 2.22. The largest absolute Gasteiger partial charge is 0.313 e. The second-order valence-electron chi connectivity index (χ2n) is 3.97. The molecular formula is C11H17N3. The minimum absolute atomic E-state index is 0.488. The quantitative estimate of drug-likeness (QED) is 0.719. The molecule has 1 N–H and O–H groups in total. The fraction of sp³-hybridized carbons (Fsp3) is 0.545. The smallest absolute Gasteiger partial charge is 0.0474 e. The van der Waals surface area contributed by atoms with E-state index in [9.17, 15) is 0 Å². The number of nitrogens with zero attached hydrogens (tertiary/aromatic N) is 2. The molecule has 1 saturated heterocycles. The Morgan fingerprint density at radius 2 is 2.07 bits per heavy atom. The number of aromatic nitrogens is 1. The molecule has 1 aliphatic heterocycles. The van der Waals surface area contributed by atoms with Crippen molar-refractivity contribution in [2.45, 2.75) is 19.0 Å². The Morgan fingerprint density at radius 3 is 2.79 bits per heavy atom. The van der Waals surface area contributed by atoms with Gasteiger partial charge in [-0.3, -0.25) is 9.88 Å². The minimum Gasteiger partial charge on any atom is -0.313 e. The Morgan fingerprint density at radius 1 is 1.36 bits per heavy atom. The summed E-state index contributed by atoms with van der Waals surface area (Å²) in [5.74, 6) is 0. The molecule has 0 aliphatic carbocycles. The monoisotopic (exact) mass is 191 g/mol. The summed E-state index contributed by atoms with van der Waals surface area (Å²) in [6.07, 6.45) is 3.73. The Hall–Kier alpha value is -0.930. The molecule has 0 spiro atoms. The zero-order valence-corrected chi connectivity index (χ0v) is 8.77. The highest BCUT2D eigenvalue weighted by molar-refractivity contribution is 5.16. The van der Waals surface area contributed by atoms with Crippen molar-refractivity contribution in [3.8, 4) is 0 Å². The van der Waals surface area contributed by atoms with Crippen LogP contribution in [-0.4, -0.2) is 36.1 Å². The van der Waals surface area contributed by atoms with E-state index in [0.29, 0.717) is 12.1 Å². The third kappa shape index (κ3) is 1.79. The van der Waals surface area contributed by atoms with Crippen molar-refractivity contribution in [3.05, 3.63) is 30.1 Å². The van der Waals surface area contributed by atoms with Gasteiger partial charge in [0.2, 0.25) is 0 Å². The van der Waals surface area contributed by atoms with Crippen LogP contribution in [0.3, 0.4) is 0 Å². The van der Waals surface area contributed by atoms with Gasteiger partial charge in [-0.2, -0.15) is 0 Å². The van der Waals surface area contributed by atoms with Gasteiger partial charge in [0.25, 0.3) is 0 Å². The SMILES string of the molecule is CC1CNCC(c2ccncc2)N1C. The number of piperazine rings is 1. The van der Waals surface area contributed by atoms with Crippen LogP contribution in [0.1, 0.15) is 18.5 Å². The number of likely N-dealkylation sites (N-methyl/N-ethyl adjacent to an activating group) is 1. The lowest BCUT2D eigenvalue weighted by atomic mass is 10.0. The van der Waals surface area contributed by atoms with Gasteiger partial charge in [0.1, 0.15) is 0 Å². The second kappa shape index (κ2) is 4.07. The molecule has 2 heterocycles. The first kappa shape index (κ1) is 9.62. The van der Waals surface area contributed by atoms with E-state index in [2.05, 4.69) is 41.3 Å². The molecule has 2 atom stereocenters. The molecule has 2 rings (SSSR count). The van der Waals surface area contributed by atoms with Gasteiger partial charge in [0, 0.05) is 37.6 Å². The van der Waals surface area contributed by atoms with Crippen molar-refractivity contribution in [1.82, 2.24) is 15.2 Å². The topological polar surface area (TPSA) is 28.2 Å². The summed E-state index contributed by atoms with van der Waals surface area (Å²) in [5.41, 5.74) is 1.35. The standard InChI is InChI=1S/C11H17N3/c1-9-7-13-8-11(14(9)2)10-3-5-12-6-4-10/h3-6,9,11,13H,7-8H2,1-2H3. The summed E-state index contributed by atoms with van der Waals surface area (Å²) in [4.78, 5) is 6.47. The summed E-state index contributed by atoms with van der Waals surface area (Å²) >= 11 is 0. The van der Waals surface area contributed by atoms with E-state index in [1.807, 2.05) is 12.4 Å². The van der Waals surface area contributed by atoms with Crippen LogP contribution in [0.5, 0.6) is 0 Å². The maximum absolute atomic E-state index is 4.05. The summed E-state index contributed by atoms with van der Waals surface area (Å²) < 4.78 is 0. The number of hydrogen-bond acceptors (Lipinski definition) is 3. The van der Waals surface area contributed by atoms with Crippen LogP contribution >= 0.6 is 0 Å². The van der Waals surface area contributed by atoms with Gasteiger partial charge in [0.05, 0.1) is 0 Å². The molecule has 0 amide bonds. The molecule has 14 heavy (non-hydrogen) atoms.